The van der Waals surface area contributed by atoms with Gasteiger partial charge >= 0.3 is 0 Å². The third kappa shape index (κ3) is 4.05. The quantitative estimate of drug-likeness (QED) is 0.639. The lowest BCUT2D eigenvalue weighted by atomic mass is 9.90. The first-order valence-electron chi connectivity index (χ1n) is 11.6. The molecule has 2 fully saturated rings. The molecule has 174 valence electrons. The van der Waals surface area contributed by atoms with Gasteiger partial charge < -0.3 is 0 Å². The summed E-state index contributed by atoms with van der Waals surface area (Å²) >= 11 is 0. The number of likely N-dealkylation sites (tertiary alicyclic amines) is 1. The van der Waals surface area contributed by atoms with E-state index in [1.807, 2.05) is 18.3 Å². The third-order valence-electron chi connectivity index (χ3n) is 6.87. The van der Waals surface area contributed by atoms with Crippen molar-refractivity contribution in [1.29, 1.82) is 0 Å². The molecule has 1 N–H and O–H groups in total. The molecule has 0 aliphatic carbocycles. The Hall–Kier alpha value is -3.65. The van der Waals surface area contributed by atoms with Crippen LogP contribution in [-0.4, -0.2) is 57.5 Å². The second-order valence-electron chi connectivity index (χ2n) is 9.18. The molecule has 0 radical (unpaired) electrons. The fraction of sp³-hybridized carbons (Fsp3) is 0.346. The Morgan fingerprint density at radius 2 is 1.91 bits per heavy atom. The van der Waals surface area contributed by atoms with Crippen molar-refractivity contribution in [2.45, 2.75) is 38.3 Å². The monoisotopic (exact) mass is 458 g/mol. The molecule has 1 aromatic heterocycles. The average Bonchev–Trinajstić information content (AvgIpc) is 3.06. The van der Waals surface area contributed by atoms with Gasteiger partial charge in [0, 0.05) is 32.3 Å². The maximum Gasteiger partial charge on any atom is 0.262 e. The normalized spacial score (nSPS) is 20.8. The van der Waals surface area contributed by atoms with Crippen molar-refractivity contribution in [3.05, 3.63) is 71.1 Å². The fourth-order valence-corrected chi connectivity index (χ4v) is 5.05. The first-order chi connectivity index (χ1) is 16.4. The highest BCUT2D eigenvalue weighted by molar-refractivity contribution is 6.24. The van der Waals surface area contributed by atoms with Gasteiger partial charge in [-0.3, -0.25) is 39.3 Å². The predicted octanol–water partition coefficient (Wildman–Crippen LogP) is 2.19. The lowest BCUT2D eigenvalue weighted by Crippen LogP contribution is -2.54. The number of rotatable bonds is 7. The molecule has 3 aliphatic rings. The molecule has 1 atom stereocenters. The van der Waals surface area contributed by atoms with E-state index in [9.17, 15) is 19.2 Å². The summed E-state index contributed by atoms with van der Waals surface area (Å²) in [5.41, 5.74) is 3.63. The number of carbonyl (C=O) groups excluding carboxylic acids is 4. The van der Waals surface area contributed by atoms with Crippen molar-refractivity contribution >= 4 is 29.7 Å². The Balaban J connectivity index is 1.20. The Bertz CT molecular complexity index is 1180. The van der Waals surface area contributed by atoms with E-state index in [1.165, 1.54) is 5.56 Å². The summed E-state index contributed by atoms with van der Waals surface area (Å²) < 4.78 is 0. The van der Waals surface area contributed by atoms with Crippen LogP contribution in [0.15, 0.2) is 43.1 Å². The number of nitrogens with zero attached hydrogens (tertiary/aromatic N) is 3. The van der Waals surface area contributed by atoms with E-state index in [2.05, 4.69) is 27.8 Å². The number of piperidine rings is 1. The van der Waals surface area contributed by atoms with E-state index in [1.54, 1.807) is 18.2 Å². The van der Waals surface area contributed by atoms with Gasteiger partial charge in [0.15, 0.2) is 0 Å². The molecule has 0 saturated carbocycles. The van der Waals surface area contributed by atoms with Crippen LogP contribution in [-0.2, 0) is 22.6 Å². The number of fused-ring (bicyclic) bond motifs is 1. The number of aromatic nitrogens is 1. The molecule has 8 nitrogen and oxygen atoms in total. The third-order valence-corrected chi connectivity index (χ3v) is 6.87. The predicted molar refractivity (Wildman–Crippen MR) is 125 cm³/mol. The van der Waals surface area contributed by atoms with Gasteiger partial charge in [-0.1, -0.05) is 24.8 Å². The van der Waals surface area contributed by atoms with E-state index in [4.69, 9.17) is 0 Å². The van der Waals surface area contributed by atoms with Crippen molar-refractivity contribution in [2.75, 3.05) is 13.1 Å². The molecule has 1 unspecified atom stereocenters. The number of pyridine rings is 1. The lowest BCUT2D eigenvalue weighted by molar-refractivity contribution is -0.136. The van der Waals surface area contributed by atoms with Crippen LogP contribution in [0.25, 0.3) is 6.08 Å². The van der Waals surface area contributed by atoms with Crippen molar-refractivity contribution in [2.24, 2.45) is 5.92 Å². The average molecular weight is 459 g/mol. The summed E-state index contributed by atoms with van der Waals surface area (Å²) in [6.45, 7) is 6.54. The lowest BCUT2D eigenvalue weighted by Gasteiger charge is -2.39. The zero-order valence-electron chi connectivity index (χ0n) is 18.8. The maximum absolute atomic E-state index is 13.2. The second kappa shape index (κ2) is 8.95. The number of nitrogens with one attached hydrogen (secondary N) is 1. The SMILES string of the molecule is C=Cc1ccc(CN2CC(CCc3cccc4c3C(=O)N(C3CCC(=O)NC3=O)C4=O)C2)cn1. The van der Waals surface area contributed by atoms with Gasteiger partial charge in [0.2, 0.25) is 11.8 Å². The standard InChI is InChI=1S/C26H26N4O4/c1-2-19-9-7-16(12-27-19)13-29-14-17(15-29)6-8-18-4-3-5-20-23(18)26(34)30(25(20)33)21-10-11-22(31)28-24(21)32/h2-5,7,9,12,17,21H,1,6,8,10-11,13-15H2,(H,28,31,32). The molecule has 0 spiro atoms. The van der Waals surface area contributed by atoms with Crippen molar-refractivity contribution < 1.29 is 19.2 Å². The smallest absolute Gasteiger partial charge is 0.262 e. The van der Waals surface area contributed by atoms with Gasteiger partial charge in [-0.15, -0.1) is 0 Å². The highest BCUT2D eigenvalue weighted by Gasteiger charge is 2.45. The molecule has 0 bridgehead atoms. The minimum atomic E-state index is -0.937. The minimum absolute atomic E-state index is 0.114. The summed E-state index contributed by atoms with van der Waals surface area (Å²) in [5.74, 6) is -1.33. The van der Waals surface area contributed by atoms with Crippen molar-refractivity contribution in [3.8, 4) is 0 Å². The molecule has 4 heterocycles. The summed E-state index contributed by atoms with van der Waals surface area (Å²) in [4.78, 5) is 57.7. The van der Waals surface area contributed by atoms with E-state index in [0.29, 0.717) is 23.5 Å². The Kier molecular flexibility index (Phi) is 5.83. The summed E-state index contributed by atoms with van der Waals surface area (Å²) in [7, 11) is 0. The molecular formula is C26H26N4O4. The largest absolute Gasteiger partial charge is 0.298 e. The Morgan fingerprint density at radius 3 is 2.62 bits per heavy atom. The van der Waals surface area contributed by atoms with Crippen LogP contribution in [0.3, 0.4) is 0 Å². The number of hydrogen-bond donors (Lipinski definition) is 1. The molecule has 34 heavy (non-hydrogen) atoms. The second-order valence-corrected chi connectivity index (χ2v) is 9.18. The van der Waals surface area contributed by atoms with Gasteiger partial charge in [0.1, 0.15) is 6.04 Å². The van der Waals surface area contributed by atoms with E-state index in [-0.39, 0.29) is 18.7 Å². The maximum atomic E-state index is 13.2. The highest BCUT2D eigenvalue weighted by atomic mass is 16.2. The van der Waals surface area contributed by atoms with Crippen LogP contribution in [0.5, 0.6) is 0 Å². The molecule has 8 heteroatoms. The molecule has 2 saturated heterocycles. The van der Waals surface area contributed by atoms with Gasteiger partial charge in [0.05, 0.1) is 16.8 Å². The minimum Gasteiger partial charge on any atom is -0.298 e. The van der Waals surface area contributed by atoms with Gasteiger partial charge in [0.25, 0.3) is 11.8 Å². The number of imide groups is 2. The van der Waals surface area contributed by atoms with Crippen LogP contribution in [0.4, 0.5) is 0 Å². The van der Waals surface area contributed by atoms with Crippen molar-refractivity contribution in [1.82, 2.24) is 20.1 Å². The van der Waals surface area contributed by atoms with Crippen LogP contribution in [0.1, 0.15) is 56.8 Å². The molecule has 2 aromatic rings. The zero-order valence-corrected chi connectivity index (χ0v) is 18.8. The number of carbonyl (C=O) groups is 4. The summed E-state index contributed by atoms with van der Waals surface area (Å²) in [6, 6.07) is 8.42. The van der Waals surface area contributed by atoms with Crippen LogP contribution in [0.2, 0.25) is 0 Å². The number of benzene rings is 1. The number of aryl methyl sites for hydroxylation is 1. The van der Waals surface area contributed by atoms with E-state index >= 15 is 0 Å². The van der Waals surface area contributed by atoms with Gasteiger partial charge in [-0.05, 0) is 54.5 Å². The van der Waals surface area contributed by atoms with E-state index < -0.39 is 23.8 Å². The summed E-state index contributed by atoms with van der Waals surface area (Å²) in [5, 5.41) is 2.23. The first-order valence-corrected chi connectivity index (χ1v) is 11.6. The number of amides is 4. The Labute approximate surface area is 197 Å². The first kappa shape index (κ1) is 22.2. The van der Waals surface area contributed by atoms with Crippen LogP contribution >= 0.6 is 0 Å². The summed E-state index contributed by atoms with van der Waals surface area (Å²) in [6.07, 6.45) is 5.50. The van der Waals surface area contributed by atoms with E-state index in [0.717, 1.165) is 42.2 Å². The molecule has 5 rings (SSSR count). The van der Waals surface area contributed by atoms with Crippen molar-refractivity contribution in [3.63, 3.8) is 0 Å². The van der Waals surface area contributed by atoms with Crippen LogP contribution < -0.4 is 5.32 Å². The Morgan fingerprint density at radius 1 is 1.09 bits per heavy atom. The molecular weight excluding hydrogens is 432 g/mol. The highest BCUT2D eigenvalue weighted by Crippen LogP contribution is 2.32. The molecule has 1 aromatic carbocycles. The van der Waals surface area contributed by atoms with Gasteiger partial charge in [-0.25, -0.2) is 0 Å². The zero-order chi connectivity index (χ0) is 23.8. The molecule has 4 amide bonds. The fourth-order valence-electron chi connectivity index (χ4n) is 5.05. The number of hydrogen-bond acceptors (Lipinski definition) is 6. The van der Waals surface area contributed by atoms with Gasteiger partial charge in [-0.2, -0.15) is 0 Å². The molecule has 3 aliphatic heterocycles. The topological polar surface area (TPSA) is 99.7 Å². The van der Waals surface area contributed by atoms with Crippen LogP contribution in [0, 0.1) is 5.92 Å².